The quantitative estimate of drug-likeness (QED) is 0.531. The number of ether oxygens (including phenoxy) is 1. The van der Waals surface area contributed by atoms with Crippen molar-refractivity contribution in [1.82, 2.24) is 10.3 Å². The van der Waals surface area contributed by atoms with Gasteiger partial charge in [-0.3, -0.25) is 4.79 Å². The summed E-state index contributed by atoms with van der Waals surface area (Å²) >= 11 is 0. The minimum atomic E-state index is -4.50. The average Bonchev–Trinajstić information content (AvgIpc) is 3.07. The zero-order chi connectivity index (χ0) is 22.8. The lowest BCUT2D eigenvalue weighted by molar-refractivity contribution is -0.141. The summed E-state index contributed by atoms with van der Waals surface area (Å²) in [7, 11) is 0. The Bertz CT molecular complexity index is 1070. The number of nitrogens with one attached hydrogen (secondary N) is 1. The number of nitrogen functional groups attached to an aromatic ring is 1. The molecule has 0 aliphatic heterocycles. The average molecular weight is 441 g/mol. The number of aromatic nitrogens is 1. The number of pyridine rings is 1. The van der Waals surface area contributed by atoms with Crippen molar-refractivity contribution in [2.75, 3.05) is 18.9 Å². The molecule has 166 valence electrons. The number of amides is 1. The Labute approximate surface area is 183 Å². The highest BCUT2D eigenvalue weighted by Crippen LogP contribution is 2.51. The molecule has 1 heterocycles. The molecule has 1 aliphatic carbocycles. The van der Waals surface area contributed by atoms with Crippen LogP contribution in [-0.2, 0) is 10.2 Å². The third-order valence-corrected chi connectivity index (χ3v) is 5.61. The number of halogens is 3. The zero-order valence-corrected chi connectivity index (χ0v) is 17.2. The first-order chi connectivity index (χ1) is 15.3. The number of carbonyl (C=O) groups excluding carboxylic acids is 1. The molecule has 5 nitrogen and oxygen atoms in total. The molecule has 0 atom stereocenters. The number of alkyl halides is 3. The standard InChI is InChI=1S/C24H22F3N3O2/c25-24(26,27)15-30-22(31)23(12-5-13-32-21-11-10-16(28)14-29-21)19-8-3-1-6-17(19)18-7-2-4-9-20(18)23/h1-4,6-11,14H,5,12-13,15,28H2,(H,30,31). The van der Waals surface area contributed by atoms with Crippen molar-refractivity contribution in [3.63, 3.8) is 0 Å². The summed E-state index contributed by atoms with van der Waals surface area (Å²) in [6.45, 7) is -1.14. The lowest BCUT2D eigenvalue weighted by Crippen LogP contribution is -2.47. The molecule has 3 N–H and O–H groups in total. The number of nitrogens with two attached hydrogens (primary N) is 1. The number of fused-ring (bicyclic) bond motifs is 3. The van der Waals surface area contributed by atoms with Crippen LogP contribution in [0.1, 0.15) is 24.0 Å². The van der Waals surface area contributed by atoms with Gasteiger partial charge >= 0.3 is 6.18 Å². The maximum atomic E-state index is 13.4. The highest BCUT2D eigenvalue weighted by molar-refractivity contribution is 6.00. The molecule has 0 bridgehead atoms. The zero-order valence-electron chi connectivity index (χ0n) is 17.2. The van der Waals surface area contributed by atoms with Gasteiger partial charge in [0.1, 0.15) is 12.0 Å². The van der Waals surface area contributed by atoms with Crippen molar-refractivity contribution in [3.8, 4) is 17.0 Å². The smallest absolute Gasteiger partial charge is 0.405 e. The fourth-order valence-corrected chi connectivity index (χ4v) is 4.28. The van der Waals surface area contributed by atoms with Crippen LogP contribution in [0.2, 0.25) is 0 Å². The largest absolute Gasteiger partial charge is 0.478 e. The van der Waals surface area contributed by atoms with Crippen LogP contribution in [0.3, 0.4) is 0 Å². The number of nitrogens with zero attached hydrogens (tertiary/aromatic N) is 1. The maximum Gasteiger partial charge on any atom is 0.405 e. The van der Waals surface area contributed by atoms with Crippen molar-refractivity contribution < 1.29 is 22.7 Å². The van der Waals surface area contributed by atoms with E-state index in [1.165, 1.54) is 6.20 Å². The fourth-order valence-electron chi connectivity index (χ4n) is 4.28. The predicted octanol–water partition coefficient (Wildman–Crippen LogP) is 4.47. The van der Waals surface area contributed by atoms with E-state index in [1.807, 2.05) is 36.4 Å². The number of hydrogen-bond donors (Lipinski definition) is 2. The summed E-state index contributed by atoms with van der Waals surface area (Å²) in [5, 5.41) is 2.12. The number of benzene rings is 2. The lowest BCUT2D eigenvalue weighted by atomic mass is 9.73. The van der Waals surface area contributed by atoms with Gasteiger partial charge in [-0.05, 0) is 41.2 Å². The molecule has 0 spiro atoms. The van der Waals surface area contributed by atoms with Crippen LogP contribution in [0.15, 0.2) is 66.9 Å². The molecular weight excluding hydrogens is 419 g/mol. The van der Waals surface area contributed by atoms with E-state index in [-0.39, 0.29) is 13.0 Å². The Kier molecular flexibility index (Phi) is 5.78. The predicted molar refractivity (Wildman–Crippen MR) is 115 cm³/mol. The number of anilines is 1. The van der Waals surface area contributed by atoms with Crippen LogP contribution in [0, 0.1) is 0 Å². The van der Waals surface area contributed by atoms with Gasteiger partial charge in [0.2, 0.25) is 11.8 Å². The van der Waals surface area contributed by atoms with Gasteiger partial charge in [-0.2, -0.15) is 13.2 Å². The van der Waals surface area contributed by atoms with E-state index < -0.39 is 24.0 Å². The first kappa shape index (κ1) is 21.7. The van der Waals surface area contributed by atoms with Crippen molar-refractivity contribution in [3.05, 3.63) is 78.0 Å². The highest BCUT2D eigenvalue weighted by atomic mass is 19.4. The van der Waals surface area contributed by atoms with E-state index in [1.54, 1.807) is 24.3 Å². The van der Waals surface area contributed by atoms with Crippen molar-refractivity contribution in [1.29, 1.82) is 0 Å². The first-order valence-electron chi connectivity index (χ1n) is 10.2. The van der Waals surface area contributed by atoms with Gasteiger partial charge in [0.05, 0.1) is 18.5 Å². The normalized spacial score (nSPS) is 13.8. The van der Waals surface area contributed by atoms with Crippen LogP contribution < -0.4 is 15.8 Å². The summed E-state index contributed by atoms with van der Waals surface area (Å²) in [6, 6.07) is 18.0. The molecule has 1 aromatic heterocycles. The van der Waals surface area contributed by atoms with Crippen molar-refractivity contribution >= 4 is 11.6 Å². The molecule has 2 aromatic carbocycles. The van der Waals surface area contributed by atoms with Gasteiger partial charge in [-0.1, -0.05) is 48.5 Å². The maximum absolute atomic E-state index is 13.4. The van der Waals surface area contributed by atoms with Crippen LogP contribution >= 0.6 is 0 Å². The molecule has 8 heteroatoms. The second-order valence-electron chi connectivity index (χ2n) is 7.68. The van der Waals surface area contributed by atoms with Crippen LogP contribution in [0.25, 0.3) is 11.1 Å². The van der Waals surface area contributed by atoms with E-state index in [0.29, 0.717) is 29.1 Å². The Morgan fingerprint density at radius 1 is 1.00 bits per heavy atom. The van der Waals surface area contributed by atoms with Gasteiger partial charge < -0.3 is 15.8 Å². The van der Waals surface area contributed by atoms with Gasteiger partial charge in [-0.25, -0.2) is 4.98 Å². The van der Waals surface area contributed by atoms with E-state index in [4.69, 9.17) is 10.5 Å². The molecule has 1 amide bonds. The Balaban J connectivity index is 1.63. The summed E-state index contributed by atoms with van der Waals surface area (Å²) in [5.41, 5.74) is 8.00. The summed E-state index contributed by atoms with van der Waals surface area (Å²) in [5.74, 6) is -0.278. The first-order valence-corrected chi connectivity index (χ1v) is 10.2. The van der Waals surface area contributed by atoms with E-state index >= 15 is 0 Å². The molecule has 1 aliphatic rings. The summed E-state index contributed by atoms with van der Waals surface area (Å²) < 4.78 is 44.3. The second kappa shape index (κ2) is 8.53. The fraction of sp³-hybridized carbons (Fsp3) is 0.250. The van der Waals surface area contributed by atoms with Gasteiger partial charge in [0.15, 0.2) is 0 Å². The molecule has 4 rings (SSSR count). The minimum absolute atomic E-state index is 0.246. The summed E-state index contributed by atoms with van der Waals surface area (Å²) in [4.78, 5) is 17.4. The SMILES string of the molecule is Nc1ccc(OCCCC2(C(=O)NCC(F)(F)F)c3ccccc3-c3ccccc32)nc1. The Morgan fingerprint density at radius 2 is 1.62 bits per heavy atom. The van der Waals surface area contributed by atoms with E-state index in [2.05, 4.69) is 10.3 Å². The van der Waals surface area contributed by atoms with E-state index in [9.17, 15) is 18.0 Å². The van der Waals surface area contributed by atoms with Gasteiger partial charge in [0, 0.05) is 6.07 Å². The number of rotatable bonds is 7. The van der Waals surface area contributed by atoms with Crippen LogP contribution in [-0.4, -0.2) is 30.2 Å². The Hall–Kier alpha value is -3.55. The molecule has 0 saturated heterocycles. The minimum Gasteiger partial charge on any atom is -0.478 e. The summed E-state index contributed by atoms with van der Waals surface area (Å²) in [6.07, 6.45) is -2.32. The monoisotopic (exact) mass is 441 g/mol. The molecule has 0 saturated carbocycles. The van der Waals surface area contributed by atoms with Gasteiger partial charge in [0.25, 0.3) is 0 Å². The topological polar surface area (TPSA) is 77.2 Å². The molecule has 0 fully saturated rings. The highest BCUT2D eigenvalue weighted by Gasteiger charge is 2.49. The molecule has 32 heavy (non-hydrogen) atoms. The number of hydrogen-bond acceptors (Lipinski definition) is 4. The van der Waals surface area contributed by atoms with Gasteiger partial charge in [-0.15, -0.1) is 0 Å². The van der Waals surface area contributed by atoms with Crippen molar-refractivity contribution in [2.24, 2.45) is 0 Å². The van der Waals surface area contributed by atoms with Crippen molar-refractivity contribution in [2.45, 2.75) is 24.4 Å². The van der Waals surface area contributed by atoms with Crippen LogP contribution in [0.4, 0.5) is 18.9 Å². The lowest BCUT2D eigenvalue weighted by Gasteiger charge is -2.31. The van der Waals surface area contributed by atoms with E-state index in [0.717, 1.165) is 11.1 Å². The number of carbonyl (C=O) groups is 1. The molecular formula is C24H22F3N3O2. The Morgan fingerprint density at radius 3 is 2.19 bits per heavy atom. The van der Waals surface area contributed by atoms with Crippen LogP contribution in [0.5, 0.6) is 5.88 Å². The second-order valence-corrected chi connectivity index (χ2v) is 7.68. The molecule has 0 radical (unpaired) electrons. The molecule has 0 unspecified atom stereocenters. The third kappa shape index (κ3) is 4.12. The third-order valence-electron chi connectivity index (χ3n) is 5.61. The molecule has 3 aromatic rings.